The SMILES string of the molecule is COc1ccc(SC=CC#N)cc1. The third kappa shape index (κ3) is 3.22. The fourth-order valence-corrected chi connectivity index (χ4v) is 1.38. The summed E-state index contributed by atoms with van der Waals surface area (Å²) in [7, 11) is 1.64. The van der Waals surface area contributed by atoms with Crippen LogP contribution in [-0.4, -0.2) is 7.11 Å². The van der Waals surface area contributed by atoms with Crippen LogP contribution in [0.2, 0.25) is 0 Å². The van der Waals surface area contributed by atoms with Crippen molar-refractivity contribution in [1.82, 2.24) is 0 Å². The van der Waals surface area contributed by atoms with Crippen LogP contribution in [0.4, 0.5) is 0 Å². The summed E-state index contributed by atoms with van der Waals surface area (Å²) in [4.78, 5) is 1.09. The van der Waals surface area contributed by atoms with Gasteiger partial charge in [-0.15, -0.1) is 0 Å². The van der Waals surface area contributed by atoms with Gasteiger partial charge in [-0.1, -0.05) is 11.8 Å². The summed E-state index contributed by atoms with van der Waals surface area (Å²) in [6.45, 7) is 0. The van der Waals surface area contributed by atoms with Crippen molar-refractivity contribution < 1.29 is 4.74 Å². The average Bonchev–Trinajstić information content (AvgIpc) is 2.19. The van der Waals surface area contributed by atoms with Gasteiger partial charge in [0.25, 0.3) is 0 Å². The largest absolute Gasteiger partial charge is 0.497 e. The minimum atomic E-state index is 0.841. The van der Waals surface area contributed by atoms with E-state index in [0.717, 1.165) is 10.6 Å². The van der Waals surface area contributed by atoms with E-state index in [1.807, 2.05) is 30.3 Å². The van der Waals surface area contributed by atoms with E-state index in [9.17, 15) is 0 Å². The van der Waals surface area contributed by atoms with Gasteiger partial charge in [0.15, 0.2) is 0 Å². The van der Waals surface area contributed by atoms with Crippen LogP contribution in [0.1, 0.15) is 0 Å². The Bertz CT molecular complexity index is 324. The molecule has 0 bridgehead atoms. The predicted molar refractivity (Wildman–Crippen MR) is 53.6 cm³/mol. The van der Waals surface area contributed by atoms with Crippen LogP contribution in [0, 0.1) is 11.3 Å². The molecule has 0 radical (unpaired) electrons. The number of rotatable bonds is 3. The Labute approximate surface area is 81.8 Å². The van der Waals surface area contributed by atoms with Crippen LogP contribution < -0.4 is 4.74 Å². The quantitative estimate of drug-likeness (QED) is 0.544. The molecule has 2 nitrogen and oxygen atoms in total. The minimum absolute atomic E-state index is 0.841. The van der Waals surface area contributed by atoms with Gasteiger partial charge in [0.1, 0.15) is 5.75 Å². The average molecular weight is 191 g/mol. The molecule has 0 fully saturated rings. The molecule has 1 rings (SSSR count). The molecule has 1 aromatic rings. The van der Waals surface area contributed by atoms with Gasteiger partial charge < -0.3 is 4.74 Å². The molecular weight excluding hydrogens is 182 g/mol. The molecule has 0 unspecified atom stereocenters. The van der Waals surface area contributed by atoms with Crippen molar-refractivity contribution in [2.45, 2.75) is 4.90 Å². The van der Waals surface area contributed by atoms with Crippen LogP contribution in [0.15, 0.2) is 40.6 Å². The summed E-state index contributed by atoms with van der Waals surface area (Å²) in [6, 6.07) is 9.62. The van der Waals surface area contributed by atoms with Crippen LogP contribution in [-0.2, 0) is 0 Å². The fraction of sp³-hybridized carbons (Fsp3) is 0.100. The van der Waals surface area contributed by atoms with E-state index >= 15 is 0 Å². The third-order valence-electron chi connectivity index (χ3n) is 1.41. The molecule has 1 aromatic carbocycles. The van der Waals surface area contributed by atoms with Crippen molar-refractivity contribution in [3.63, 3.8) is 0 Å². The number of methoxy groups -OCH3 is 1. The van der Waals surface area contributed by atoms with Crippen LogP contribution in [0.3, 0.4) is 0 Å². The Balaban J connectivity index is 2.60. The maximum atomic E-state index is 8.26. The molecule has 0 heterocycles. The zero-order chi connectivity index (χ0) is 9.52. The molecule has 0 aliphatic rings. The predicted octanol–water partition coefficient (Wildman–Crippen LogP) is 2.82. The zero-order valence-corrected chi connectivity index (χ0v) is 8.04. The highest BCUT2D eigenvalue weighted by Gasteiger charge is 1.91. The lowest BCUT2D eigenvalue weighted by Gasteiger charge is -1.99. The molecular formula is C10H9NOS. The number of nitrogens with zero attached hydrogens (tertiary/aromatic N) is 1. The summed E-state index contributed by atoms with van der Waals surface area (Å²) >= 11 is 1.51. The molecule has 66 valence electrons. The van der Waals surface area contributed by atoms with Crippen molar-refractivity contribution in [3.05, 3.63) is 35.7 Å². The van der Waals surface area contributed by atoms with E-state index < -0.39 is 0 Å². The van der Waals surface area contributed by atoms with Crippen molar-refractivity contribution in [2.75, 3.05) is 7.11 Å². The van der Waals surface area contributed by atoms with Gasteiger partial charge in [-0.2, -0.15) is 5.26 Å². The summed E-state index contributed by atoms with van der Waals surface area (Å²) in [5.41, 5.74) is 0. The zero-order valence-electron chi connectivity index (χ0n) is 7.23. The number of ether oxygens (including phenoxy) is 1. The van der Waals surface area contributed by atoms with Gasteiger partial charge >= 0.3 is 0 Å². The molecule has 0 aliphatic carbocycles. The van der Waals surface area contributed by atoms with Gasteiger partial charge in [-0.3, -0.25) is 0 Å². The number of nitriles is 1. The Morgan fingerprint density at radius 1 is 1.38 bits per heavy atom. The van der Waals surface area contributed by atoms with E-state index in [1.165, 1.54) is 17.8 Å². The smallest absolute Gasteiger partial charge is 0.118 e. The molecule has 0 amide bonds. The minimum Gasteiger partial charge on any atom is -0.497 e. The molecule has 0 N–H and O–H groups in total. The molecule has 3 heteroatoms. The summed E-state index contributed by atoms with van der Waals surface area (Å²) in [5, 5.41) is 10.0. The number of thioether (sulfide) groups is 1. The van der Waals surface area contributed by atoms with Gasteiger partial charge in [-0.25, -0.2) is 0 Å². The van der Waals surface area contributed by atoms with E-state index in [1.54, 1.807) is 12.5 Å². The Morgan fingerprint density at radius 3 is 2.62 bits per heavy atom. The van der Waals surface area contributed by atoms with E-state index in [4.69, 9.17) is 10.00 Å². The van der Waals surface area contributed by atoms with Gasteiger partial charge in [0.2, 0.25) is 0 Å². The molecule has 0 aromatic heterocycles. The van der Waals surface area contributed by atoms with Gasteiger partial charge in [0.05, 0.1) is 13.2 Å². The van der Waals surface area contributed by atoms with E-state index in [2.05, 4.69) is 0 Å². The first-order chi connectivity index (χ1) is 6.36. The molecule has 0 spiro atoms. The molecule has 0 atom stereocenters. The standard InChI is InChI=1S/C10H9NOS/c1-12-9-3-5-10(6-4-9)13-8-2-7-11/h2-6,8H,1H3. The van der Waals surface area contributed by atoms with Gasteiger partial charge in [0, 0.05) is 11.0 Å². The maximum absolute atomic E-state index is 8.26. The molecule has 0 aliphatic heterocycles. The van der Waals surface area contributed by atoms with E-state index in [0.29, 0.717) is 0 Å². The van der Waals surface area contributed by atoms with Crippen molar-refractivity contribution in [2.24, 2.45) is 0 Å². The van der Waals surface area contributed by atoms with E-state index in [-0.39, 0.29) is 0 Å². The second-order valence-electron chi connectivity index (χ2n) is 2.23. The highest BCUT2D eigenvalue weighted by molar-refractivity contribution is 8.02. The number of allylic oxidation sites excluding steroid dienone is 1. The van der Waals surface area contributed by atoms with Gasteiger partial charge in [-0.05, 0) is 29.7 Å². The first kappa shape index (κ1) is 9.69. The number of hydrogen-bond donors (Lipinski definition) is 0. The van der Waals surface area contributed by atoms with Crippen molar-refractivity contribution in [3.8, 4) is 11.8 Å². The fourth-order valence-electron chi connectivity index (χ4n) is 0.797. The van der Waals surface area contributed by atoms with Crippen LogP contribution >= 0.6 is 11.8 Å². The Hall–Kier alpha value is -1.40. The normalized spacial score (nSPS) is 9.85. The van der Waals surface area contributed by atoms with Crippen molar-refractivity contribution in [1.29, 1.82) is 5.26 Å². The molecule has 0 saturated heterocycles. The first-order valence-corrected chi connectivity index (χ1v) is 4.60. The first-order valence-electron chi connectivity index (χ1n) is 3.72. The second kappa shape index (κ2) is 5.28. The maximum Gasteiger partial charge on any atom is 0.118 e. The second-order valence-corrected chi connectivity index (χ2v) is 3.20. The lowest BCUT2D eigenvalue weighted by molar-refractivity contribution is 0.414. The van der Waals surface area contributed by atoms with Crippen LogP contribution in [0.25, 0.3) is 0 Å². The van der Waals surface area contributed by atoms with Crippen LogP contribution in [0.5, 0.6) is 5.75 Å². The lowest BCUT2D eigenvalue weighted by atomic mass is 10.3. The van der Waals surface area contributed by atoms with Crippen molar-refractivity contribution >= 4 is 11.8 Å². The summed E-state index contributed by atoms with van der Waals surface area (Å²) in [6.07, 6.45) is 1.45. The monoisotopic (exact) mass is 191 g/mol. The number of benzene rings is 1. The summed E-state index contributed by atoms with van der Waals surface area (Å²) in [5.74, 6) is 0.841. The topological polar surface area (TPSA) is 33.0 Å². The summed E-state index contributed by atoms with van der Waals surface area (Å²) < 4.78 is 5.02. The number of hydrogen-bond acceptors (Lipinski definition) is 3. The highest BCUT2D eigenvalue weighted by atomic mass is 32.2. The lowest BCUT2D eigenvalue weighted by Crippen LogP contribution is -1.80. The highest BCUT2D eigenvalue weighted by Crippen LogP contribution is 2.21. The molecule has 0 saturated carbocycles. The third-order valence-corrected chi connectivity index (χ3v) is 2.22. The Morgan fingerprint density at radius 2 is 2.08 bits per heavy atom. The molecule has 13 heavy (non-hydrogen) atoms. The Kier molecular flexibility index (Phi) is 3.94.